The molecule has 3 aromatic rings. The smallest absolute Gasteiger partial charge is 0.252 e. The van der Waals surface area contributed by atoms with Crippen LogP contribution in [0.5, 0.6) is 17.2 Å². The molecule has 0 saturated heterocycles. The Morgan fingerprint density at radius 1 is 1.03 bits per heavy atom. The number of anilines is 1. The second-order valence-electron chi connectivity index (χ2n) is 7.73. The number of nitrogens with one attached hydrogen (secondary N) is 2. The van der Waals surface area contributed by atoms with Crippen LogP contribution in [0.1, 0.15) is 18.1 Å². The summed E-state index contributed by atoms with van der Waals surface area (Å²) in [6, 6.07) is 15.5. The number of ether oxygens (including phenoxy) is 3. The number of hydrazone groups is 1. The van der Waals surface area contributed by atoms with Crippen LogP contribution in [0, 0.1) is 9.49 Å². The number of hydrogen-bond donors (Lipinski definition) is 2. The minimum absolute atomic E-state index is 0.225. The molecule has 3 aromatic carbocycles. The molecule has 37 heavy (non-hydrogen) atoms. The SMILES string of the molecule is COc1ccc(NC(=O)C(C)C(=O)NN=Cc2cc(I)c(OCc3ccc(Cl)cc3Cl)c(OC)c2)cc1. The van der Waals surface area contributed by atoms with Gasteiger partial charge in [0.2, 0.25) is 5.91 Å². The molecule has 3 rings (SSSR count). The molecular formula is C26H24Cl2IN3O5. The Bertz CT molecular complexity index is 1300. The van der Waals surface area contributed by atoms with E-state index in [0.717, 1.165) is 9.13 Å². The highest BCUT2D eigenvalue weighted by Gasteiger charge is 2.21. The summed E-state index contributed by atoms with van der Waals surface area (Å²) < 4.78 is 17.3. The summed E-state index contributed by atoms with van der Waals surface area (Å²) in [5.41, 5.74) is 4.39. The fourth-order valence-electron chi connectivity index (χ4n) is 3.05. The van der Waals surface area contributed by atoms with Gasteiger partial charge in [-0.05, 0) is 83.6 Å². The van der Waals surface area contributed by atoms with Gasteiger partial charge < -0.3 is 19.5 Å². The molecule has 0 bridgehead atoms. The number of carbonyl (C=O) groups excluding carboxylic acids is 2. The second-order valence-corrected chi connectivity index (χ2v) is 9.74. The summed E-state index contributed by atoms with van der Waals surface area (Å²) in [6.45, 7) is 1.72. The van der Waals surface area contributed by atoms with Gasteiger partial charge in [-0.1, -0.05) is 29.3 Å². The third-order valence-corrected chi connectivity index (χ3v) is 6.56. The summed E-state index contributed by atoms with van der Waals surface area (Å²) in [4.78, 5) is 24.8. The fourth-order valence-corrected chi connectivity index (χ4v) is 4.30. The normalized spacial score (nSPS) is 11.6. The summed E-state index contributed by atoms with van der Waals surface area (Å²) in [5, 5.41) is 7.72. The lowest BCUT2D eigenvalue weighted by Crippen LogP contribution is -2.34. The zero-order valence-electron chi connectivity index (χ0n) is 20.2. The van der Waals surface area contributed by atoms with E-state index in [1.165, 1.54) is 20.2 Å². The summed E-state index contributed by atoms with van der Waals surface area (Å²) in [5.74, 6) is -0.296. The Morgan fingerprint density at radius 3 is 2.41 bits per heavy atom. The maximum Gasteiger partial charge on any atom is 0.252 e. The Labute approximate surface area is 238 Å². The molecule has 1 atom stereocenters. The number of amides is 2. The number of methoxy groups -OCH3 is 2. The van der Waals surface area contributed by atoms with E-state index in [1.807, 2.05) is 6.07 Å². The van der Waals surface area contributed by atoms with Crippen molar-refractivity contribution in [1.29, 1.82) is 0 Å². The quantitative estimate of drug-likeness (QED) is 0.122. The van der Waals surface area contributed by atoms with Crippen molar-refractivity contribution in [3.8, 4) is 17.2 Å². The maximum atomic E-state index is 12.4. The molecule has 194 valence electrons. The standard InChI is InChI=1S/C26H24Cl2IN3O5/c1-15(25(33)31-19-6-8-20(35-2)9-7-19)26(34)32-30-13-16-10-22(29)24(23(11-16)36-3)37-14-17-4-5-18(27)12-21(17)28/h4-13,15H,14H2,1-3H3,(H,31,33)(H,32,34). The molecule has 0 aromatic heterocycles. The van der Waals surface area contributed by atoms with E-state index in [9.17, 15) is 9.59 Å². The second kappa shape index (κ2) is 13.5. The molecule has 1 unspecified atom stereocenters. The number of rotatable bonds is 10. The predicted molar refractivity (Wildman–Crippen MR) is 153 cm³/mol. The molecule has 2 N–H and O–H groups in total. The van der Waals surface area contributed by atoms with Gasteiger partial charge in [-0.3, -0.25) is 9.59 Å². The van der Waals surface area contributed by atoms with Crippen LogP contribution in [0.15, 0.2) is 59.7 Å². The molecule has 0 aliphatic heterocycles. The van der Waals surface area contributed by atoms with Crippen molar-refractivity contribution in [2.45, 2.75) is 13.5 Å². The Balaban J connectivity index is 1.60. The lowest BCUT2D eigenvalue weighted by atomic mass is 10.1. The monoisotopic (exact) mass is 655 g/mol. The molecule has 0 spiro atoms. The van der Waals surface area contributed by atoms with Gasteiger partial charge in [-0.25, -0.2) is 5.43 Å². The first-order valence-electron chi connectivity index (χ1n) is 10.9. The number of hydrogen-bond acceptors (Lipinski definition) is 6. The van der Waals surface area contributed by atoms with E-state index >= 15 is 0 Å². The maximum absolute atomic E-state index is 12.4. The first-order chi connectivity index (χ1) is 17.7. The first-order valence-corrected chi connectivity index (χ1v) is 12.8. The van der Waals surface area contributed by atoms with Crippen LogP contribution in [0.3, 0.4) is 0 Å². The van der Waals surface area contributed by atoms with E-state index < -0.39 is 17.7 Å². The molecular weight excluding hydrogens is 632 g/mol. The minimum Gasteiger partial charge on any atom is -0.497 e. The molecule has 0 fully saturated rings. The van der Waals surface area contributed by atoms with E-state index in [0.29, 0.717) is 38.5 Å². The highest BCUT2D eigenvalue weighted by molar-refractivity contribution is 14.1. The zero-order valence-corrected chi connectivity index (χ0v) is 23.8. The third-order valence-electron chi connectivity index (χ3n) is 5.17. The van der Waals surface area contributed by atoms with Crippen LogP contribution < -0.4 is 25.0 Å². The summed E-state index contributed by atoms with van der Waals surface area (Å²) >= 11 is 14.3. The van der Waals surface area contributed by atoms with Crippen molar-refractivity contribution in [3.05, 3.63) is 79.3 Å². The molecule has 0 saturated carbocycles. The van der Waals surface area contributed by atoms with Crippen molar-refractivity contribution in [3.63, 3.8) is 0 Å². The zero-order chi connectivity index (χ0) is 26.9. The Morgan fingerprint density at radius 2 is 1.76 bits per heavy atom. The highest BCUT2D eigenvalue weighted by Crippen LogP contribution is 2.35. The van der Waals surface area contributed by atoms with Gasteiger partial charge in [0.15, 0.2) is 11.5 Å². The van der Waals surface area contributed by atoms with Gasteiger partial charge in [0.05, 0.1) is 24.0 Å². The van der Waals surface area contributed by atoms with E-state index in [1.54, 1.807) is 55.6 Å². The van der Waals surface area contributed by atoms with Crippen LogP contribution in [-0.2, 0) is 16.2 Å². The van der Waals surface area contributed by atoms with Crippen molar-refractivity contribution in [2.24, 2.45) is 11.0 Å². The molecule has 2 amide bonds. The lowest BCUT2D eigenvalue weighted by Gasteiger charge is -2.14. The van der Waals surface area contributed by atoms with Crippen molar-refractivity contribution in [2.75, 3.05) is 19.5 Å². The van der Waals surface area contributed by atoms with Gasteiger partial charge >= 0.3 is 0 Å². The largest absolute Gasteiger partial charge is 0.497 e. The van der Waals surface area contributed by atoms with Crippen LogP contribution in [-0.4, -0.2) is 32.2 Å². The van der Waals surface area contributed by atoms with Gasteiger partial charge in [-0.15, -0.1) is 0 Å². The van der Waals surface area contributed by atoms with Gasteiger partial charge in [0.1, 0.15) is 18.3 Å². The molecule has 0 aliphatic rings. The highest BCUT2D eigenvalue weighted by atomic mass is 127. The van der Waals surface area contributed by atoms with Crippen LogP contribution >= 0.6 is 45.8 Å². The Kier molecular flexibility index (Phi) is 10.4. The average Bonchev–Trinajstić information content (AvgIpc) is 2.88. The van der Waals surface area contributed by atoms with Crippen LogP contribution in [0.4, 0.5) is 5.69 Å². The van der Waals surface area contributed by atoms with Gasteiger partial charge in [-0.2, -0.15) is 5.10 Å². The topological polar surface area (TPSA) is 98.2 Å². The van der Waals surface area contributed by atoms with Crippen molar-refractivity contribution in [1.82, 2.24) is 5.43 Å². The molecule has 0 radical (unpaired) electrons. The molecule has 0 aliphatic carbocycles. The van der Waals surface area contributed by atoms with E-state index in [-0.39, 0.29) is 6.61 Å². The third kappa shape index (κ3) is 7.98. The lowest BCUT2D eigenvalue weighted by molar-refractivity contribution is -0.131. The van der Waals surface area contributed by atoms with Gasteiger partial charge in [0, 0.05) is 21.3 Å². The summed E-state index contributed by atoms with van der Waals surface area (Å²) in [6.07, 6.45) is 1.45. The average molecular weight is 656 g/mol. The molecule has 11 heteroatoms. The van der Waals surface area contributed by atoms with E-state index in [4.69, 9.17) is 37.4 Å². The Hall–Kier alpha value is -3.02. The van der Waals surface area contributed by atoms with Crippen LogP contribution in [0.2, 0.25) is 10.0 Å². The minimum atomic E-state index is -0.968. The fraction of sp³-hybridized carbons (Fsp3) is 0.192. The van der Waals surface area contributed by atoms with Crippen molar-refractivity contribution >= 4 is 69.5 Å². The molecule has 8 nitrogen and oxygen atoms in total. The van der Waals surface area contributed by atoms with Gasteiger partial charge in [0.25, 0.3) is 5.91 Å². The summed E-state index contributed by atoms with van der Waals surface area (Å²) in [7, 11) is 3.08. The molecule has 0 heterocycles. The number of halogens is 3. The number of carbonyl (C=O) groups is 2. The van der Waals surface area contributed by atoms with E-state index in [2.05, 4.69) is 38.4 Å². The number of nitrogens with zero attached hydrogens (tertiary/aromatic N) is 1. The predicted octanol–water partition coefficient (Wildman–Crippen LogP) is 5.92. The van der Waals surface area contributed by atoms with Crippen molar-refractivity contribution < 1.29 is 23.8 Å². The number of benzene rings is 3. The van der Waals surface area contributed by atoms with Crippen LogP contribution in [0.25, 0.3) is 0 Å². The first kappa shape index (κ1) is 28.5.